The van der Waals surface area contributed by atoms with Crippen molar-refractivity contribution in [2.75, 3.05) is 24.0 Å². The van der Waals surface area contributed by atoms with Crippen LogP contribution < -0.4 is 4.90 Å². The maximum absolute atomic E-state index is 12.5. The lowest BCUT2D eigenvalue weighted by Gasteiger charge is -2.34. The number of nitrogens with zero attached hydrogens (tertiary/aromatic N) is 1. The maximum Gasteiger partial charge on any atom is 0.177 e. The number of hydrogen-bond acceptors (Lipinski definition) is 6. The molecule has 0 atom stereocenters. The predicted octanol–water partition coefficient (Wildman–Crippen LogP) is 2.81. The summed E-state index contributed by atoms with van der Waals surface area (Å²) in [6.07, 6.45) is 5.31. The van der Waals surface area contributed by atoms with E-state index in [1.54, 1.807) is 0 Å². The lowest BCUT2D eigenvalue weighted by atomic mass is 10.0. The quantitative estimate of drug-likeness (QED) is 0.716. The van der Waals surface area contributed by atoms with E-state index in [1.165, 1.54) is 18.2 Å². The van der Waals surface area contributed by atoms with Gasteiger partial charge in [0.05, 0.1) is 21.1 Å². The molecule has 2 aromatic carbocycles. The lowest BCUT2D eigenvalue weighted by molar-refractivity contribution is 0.0543. The van der Waals surface area contributed by atoms with E-state index in [4.69, 9.17) is 0 Å². The van der Waals surface area contributed by atoms with Crippen LogP contribution in [0.3, 0.4) is 0 Å². The molecule has 1 saturated carbocycles. The molecule has 6 nitrogen and oxygen atoms in total. The van der Waals surface area contributed by atoms with Gasteiger partial charge in [-0.3, -0.25) is 0 Å². The van der Waals surface area contributed by atoms with Crippen LogP contribution in [-0.2, 0) is 26.2 Å². The van der Waals surface area contributed by atoms with Gasteiger partial charge in [-0.2, -0.15) is 0 Å². The van der Waals surface area contributed by atoms with Gasteiger partial charge in [-0.25, -0.2) is 16.8 Å². The summed E-state index contributed by atoms with van der Waals surface area (Å²) in [7, 11) is -7.25. The molecule has 1 fully saturated rings. The summed E-state index contributed by atoms with van der Waals surface area (Å²) >= 11 is 0. The molecule has 1 N–H and O–H groups in total. The molecule has 0 unspecified atom stereocenters. The van der Waals surface area contributed by atoms with Gasteiger partial charge < -0.3 is 10.0 Å². The summed E-state index contributed by atoms with van der Waals surface area (Å²) in [5.74, 6) is 0. The van der Waals surface area contributed by atoms with Gasteiger partial charge in [-0.15, -0.1) is 0 Å². The topological polar surface area (TPSA) is 91.8 Å². The molecule has 0 heterocycles. The van der Waals surface area contributed by atoms with Crippen molar-refractivity contribution in [3.63, 3.8) is 0 Å². The lowest BCUT2D eigenvalue weighted by Crippen LogP contribution is -2.41. The van der Waals surface area contributed by atoms with E-state index in [-0.39, 0.29) is 16.3 Å². The van der Waals surface area contributed by atoms with E-state index < -0.39 is 25.3 Å². The first-order chi connectivity index (χ1) is 13.5. The van der Waals surface area contributed by atoms with Gasteiger partial charge >= 0.3 is 0 Å². The van der Waals surface area contributed by atoms with Crippen molar-refractivity contribution in [2.45, 2.75) is 47.6 Å². The average Bonchev–Trinajstić information content (AvgIpc) is 3.06. The minimum absolute atomic E-state index is 0.0408. The molecule has 2 aromatic rings. The molecule has 1 aliphatic carbocycles. The number of anilines is 1. The third-order valence-electron chi connectivity index (χ3n) is 5.34. The molecular formula is C21H27NO5S2. The highest BCUT2D eigenvalue weighted by Crippen LogP contribution is 2.35. The maximum atomic E-state index is 12.5. The Morgan fingerprint density at radius 1 is 0.931 bits per heavy atom. The number of hydrogen-bond donors (Lipinski definition) is 1. The van der Waals surface area contributed by atoms with Crippen LogP contribution in [0.4, 0.5) is 5.69 Å². The van der Waals surface area contributed by atoms with Crippen molar-refractivity contribution in [3.05, 3.63) is 54.1 Å². The number of rotatable bonds is 7. The molecule has 158 valence electrons. The Balaban J connectivity index is 2.10. The second kappa shape index (κ2) is 8.08. The van der Waals surface area contributed by atoms with Crippen LogP contribution in [0.1, 0.15) is 31.2 Å². The second-order valence-electron chi connectivity index (χ2n) is 7.95. The normalized spacial score (nSPS) is 16.7. The highest BCUT2D eigenvalue weighted by Gasteiger charge is 2.34. The first-order valence-corrected chi connectivity index (χ1v) is 13.3. The van der Waals surface area contributed by atoms with Gasteiger partial charge in [-0.1, -0.05) is 43.2 Å². The predicted molar refractivity (Wildman–Crippen MR) is 114 cm³/mol. The van der Waals surface area contributed by atoms with Crippen molar-refractivity contribution >= 4 is 25.4 Å². The van der Waals surface area contributed by atoms with Crippen molar-refractivity contribution < 1.29 is 21.9 Å². The Kier molecular flexibility index (Phi) is 6.08. The molecule has 0 bridgehead atoms. The summed E-state index contributed by atoms with van der Waals surface area (Å²) in [6.45, 7) is 0.687. The highest BCUT2D eigenvalue weighted by molar-refractivity contribution is 7.91. The zero-order chi connectivity index (χ0) is 21.3. The molecule has 0 spiro atoms. The Hall–Kier alpha value is -1.90. The Morgan fingerprint density at radius 2 is 1.55 bits per heavy atom. The summed E-state index contributed by atoms with van der Waals surface area (Å²) < 4.78 is 49.0. The zero-order valence-corrected chi connectivity index (χ0v) is 18.3. The molecule has 0 aromatic heterocycles. The minimum Gasteiger partial charge on any atom is -0.388 e. The Bertz CT molecular complexity index is 1070. The fourth-order valence-electron chi connectivity index (χ4n) is 3.86. The number of sulfone groups is 2. The SMILES string of the molecule is CS(=O)(=O)c1ccc(N(Cc2ccccc2)CC2(O)CCCC2)c(S(C)(=O)=O)c1. The summed E-state index contributed by atoms with van der Waals surface area (Å²) in [5.41, 5.74) is 0.490. The Morgan fingerprint density at radius 3 is 2.10 bits per heavy atom. The minimum atomic E-state index is -3.69. The third kappa shape index (κ3) is 5.38. The van der Waals surface area contributed by atoms with Crippen molar-refractivity contribution in [3.8, 4) is 0 Å². The molecule has 1 aliphatic rings. The smallest absolute Gasteiger partial charge is 0.177 e. The molecule has 3 rings (SSSR count). The van der Waals surface area contributed by atoms with E-state index in [0.29, 0.717) is 25.1 Å². The molecule has 0 amide bonds. The van der Waals surface area contributed by atoms with Crippen molar-refractivity contribution in [2.24, 2.45) is 0 Å². The van der Waals surface area contributed by atoms with E-state index in [1.807, 2.05) is 35.2 Å². The van der Waals surface area contributed by atoms with Crippen LogP contribution in [0.5, 0.6) is 0 Å². The zero-order valence-electron chi connectivity index (χ0n) is 16.7. The fourth-order valence-corrected chi connectivity index (χ4v) is 5.50. The molecule has 29 heavy (non-hydrogen) atoms. The molecular weight excluding hydrogens is 410 g/mol. The van der Waals surface area contributed by atoms with Crippen LogP contribution in [0.2, 0.25) is 0 Å². The van der Waals surface area contributed by atoms with Gasteiger partial charge in [0, 0.05) is 25.6 Å². The highest BCUT2D eigenvalue weighted by atomic mass is 32.2. The van der Waals surface area contributed by atoms with Crippen LogP contribution >= 0.6 is 0 Å². The van der Waals surface area contributed by atoms with Crippen LogP contribution in [0.25, 0.3) is 0 Å². The second-order valence-corrected chi connectivity index (χ2v) is 11.9. The molecule has 8 heteroatoms. The van der Waals surface area contributed by atoms with Crippen molar-refractivity contribution in [1.82, 2.24) is 0 Å². The number of benzene rings is 2. The van der Waals surface area contributed by atoms with Gasteiger partial charge in [0.15, 0.2) is 19.7 Å². The summed E-state index contributed by atoms with van der Waals surface area (Å²) in [4.78, 5) is 1.77. The van der Waals surface area contributed by atoms with Gasteiger partial charge in [0.2, 0.25) is 0 Å². The van der Waals surface area contributed by atoms with E-state index in [2.05, 4.69) is 0 Å². The largest absolute Gasteiger partial charge is 0.388 e. The first kappa shape index (κ1) is 21.8. The van der Waals surface area contributed by atoms with Gasteiger partial charge in [-0.05, 0) is 36.6 Å². The van der Waals surface area contributed by atoms with Crippen LogP contribution in [-0.4, -0.2) is 46.6 Å². The fraction of sp³-hybridized carbons (Fsp3) is 0.429. The van der Waals surface area contributed by atoms with Crippen LogP contribution in [0.15, 0.2) is 58.3 Å². The number of aliphatic hydroxyl groups is 1. The summed E-state index contributed by atoms with van der Waals surface area (Å²) in [6, 6.07) is 13.8. The van der Waals surface area contributed by atoms with Gasteiger partial charge in [0.25, 0.3) is 0 Å². The summed E-state index contributed by atoms with van der Waals surface area (Å²) in [5, 5.41) is 11.0. The average molecular weight is 438 g/mol. The monoisotopic (exact) mass is 437 g/mol. The Labute approximate surface area is 173 Å². The van der Waals surface area contributed by atoms with Crippen LogP contribution in [0, 0.1) is 0 Å². The van der Waals surface area contributed by atoms with E-state index in [9.17, 15) is 21.9 Å². The molecule has 0 radical (unpaired) electrons. The first-order valence-electron chi connectivity index (χ1n) is 9.53. The standard InChI is InChI=1S/C21H27NO5S2/c1-28(24,25)18-10-11-19(20(14-18)29(2,26)27)22(15-17-8-4-3-5-9-17)16-21(23)12-6-7-13-21/h3-5,8-11,14,23H,6-7,12-13,15-16H2,1-2H3. The van der Waals surface area contributed by atoms with E-state index in [0.717, 1.165) is 30.9 Å². The van der Waals surface area contributed by atoms with Gasteiger partial charge in [0.1, 0.15) is 0 Å². The van der Waals surface area contributed by atoms with Crippen molar-refractivity contribution in [1.29, 1.82) is 0 Å². The molecule has 0 saturated heterocycles. The molecule has 0 aliphatic heterocycles. The third-order valence-corrected chi connectivity index (χ3v) is 7.57. The van der Waals surface area contributed by atoms with E-state index >= 15 is 0 Å².